The van der Waals surface area contributed by atoms with E-state index >= 15 is 0 Å². The van der Waals surface area contributed by atoms with E-state index in [0.29, 0.717) is 5.92 Å². The molecule has 1 fully saturated rings. The van der Waals surface area contributed by atoms with E-state index in [1.807, 2.05) is 18.4 Å². The topological polar surface area (TPSA) is 28.2 Å². The van der Waals surface area contributed by atoms with Gasteiger partial charge in [0, 0.05) is 23.5 Å². The van der Waals surface area contributed by atoms with Crippen LogP contribution in [0.1, 0.15) is 35.6 Å². The summed E-state index contributed by atoms with van der Waals surface area (Å²) in [7, 11) is 2.01. The third kappa shape index (κ3) is 3.50. The highest BCUT2D eigenvalue weighted by Crippen LogP contribution is 2.30. The lowest BCUT2D eigenvalue weighted by Gasteiger charge is -2.11. The standard InChI is InChI=1S/C13H23N3S/c1-3-16-8-6-11(10-16)13-15-9-12(17-13)5-4-7-14-2/h9,11,14H,3-8,10H2,1-2H3. The summed E-state index contributed by atoms with van der Waals surface area (Å²) >= 11 is 1.93. The van der Waals surface area contributed by atoms with Crippen molar-refractivity contribution in [3.63, 3.8) is 0 Å². The van der Waals surface area contributed by atoms with E-state index in [0.717, 1.165) is 6.54 Å². The fraction of sp³-hybridized carbons (Fsp3) is 0.769. The third-order valence-corrected chi connectivity index (χ3v) is 4.71. The van der Waals surface area contributed by atoms with Crippen LogP contribution in [-0.2, 0) is 6.42 Å². The number of likely N-dealkylation sites (tertiary alicyclic amines) is 1. The van der Waals surface area contributed by atoms with Crippen molar-refractivity contribution in [1.29, 1.82) is 0 Å². The van der Waals surface area contributed by atoms with Crippen molar-refractivity contribution < 1.29 is 0 Å². The largest absolute Gasteiger partial charge is 0.320 e. The smallest absolute Gasteiger partial charge is 0.0971 e. The molecule has 2 heterocycles. The molecule has 0 saturated carbocycles. The molecule has 1 saturated heterocycles. The van der Waals surface area contributed by atoms with Crippen molar-refractivity contribution in [3.05, 3.63) is 16.1 Å². The maximum Gasteiger partial charge on any atom is 0.0971 e. The van der Waals surface area contributed by atoms with Crippen molar-refractivity contribution in [2.24, 2.45) is 0 Å². The lowest BCUT2D eigenvalue weighted by molar-refractivity contribution is 0.354. The molecule has 1 aliphatic rings. The zero-order valence-corrected chi connectivity index (χ0v) is 11.7. The molecule has 0 aliphatic carbocycles. The van der Waals surface area contributed by atoms with E-state index < -0.39 is 0 Å². The van der Waals surface area contributed by atoms with Gasteiger partial charge in [-0.15, -0.1) is 11.3 Å². The molecular weight excluding hydrogens is 230 g/mol. The Morgan fingerprint density at radius 2 is 2.47 bits per heavy atom. The van der Waals surface area contributed by atoms with Crippen LogP contribution in [0.25, 0.3) is 0 Å². The lowest BCUT2D eigenvalue weighted by Crippen LogP contribution is -2.19. The van der Waals surface area contributed by atoms with Crippen LogP contribution in [0.4, 0.5) is 0 Å². The highest BCUT2D eigenvalue weighted by atomic mass is 32.1. The average Bonchev–Trinajstić information content (AvgIpc) is 2.97. The van der Waals surface area contributed by atoms with Crippen LogP contribution < -0.4 is 5.32 Å². The SMILES string of the molecule is CCN1CCC(c2ncc(CCCNC)s2)C1. The van der Waals surface area contributed by atoms with Gasteiger partial charge in [-0.2, -0.15) is 0 Å². The second-order valence-corrected chi connectivity index (χ2v) is 5.90. The number of hydrogen-bond acceptors (Lipinski definition) is 4. The highest BCUT2D eigenvalue weighted by molar-refractivity contribution is 7.11. The number of hydrogen-bond donors (Lipinski definition) is 1. The van der Waals surface area contributed by atoms with E-state index in [1.165, 1.54) is 48.8 Å². The zero-order valence-electron chi connectivity index (χ0n) is 10.9. The molecule has 0 radical (unpaired) electrons. The molecule has 96 valence electrons. The molecule has 0 amide bonds. The van der Waals surface area contributed by atoms with Crippen molar-refractivity contribution in [3.8, 4) is 0 Å². The number of aromatic nitrogens is 1. The van der Waals surface area contributed by atoms with Crippen LogP contribution >= 0.6 is 11.3 Å². The van der Waals surface area contributed by atoms with E-state index in [-0.39, 0.29) is 0 Å². The maximum absolute atomic E-state index is 4.62. The minimum absolute atomic E-state index is 0.693. The van der Waals surface area contributed by atoms with Crippen molar-refractivity contribution in [2.45, 2.75) is 32.1 Å². The average molecular weight is 253 g/mol. The molecule has 1 aromatic heterocycles. The quantitative estimate of drug-likeness (QED) is 0.787. The first-order chi connectivity index (χ1) is 8.33. The minimum Gasteiger partial charge on any atom is -0.320 e. The fourth-order valence-electron chi connectivity index (χ4n) is 2.39. The summed E-state index contributed by atoms with van der Waals surface area (Å²) in [5.41, 5.74) is 0. The number of aryl methyl sites for hydroxylation is 1. The highest BCUT2D eigenvalue weighted by Gasteiger charge is 2.24. The van der Waals surface area contributed by atoms with Gasteiger partial charge < -0.3 is 10.2 Å². The van der Waals surface area contributed by atoms with Crippen LogP contribution in [0.5, 0.6) is 0 Å². The summed E-state index contributed by atoms with van der Waals surface area (Å²) in [5.74, 6) is 0.693. The Labute approximate surface area is 108 Å². The molecule has 0 aromatic carbocycles. The van der Waals surface area contributed by atoms with Gasteiger partial charge in [-0.1, -0.05) is 6.92 Å². The van der Waals surface area contributed by atoms with Gasteiger partial charge in [-0.25, -0.2) is 4.98 Å². The molecule has 1 unspecified atom stereocenters. The van der Waals surface area contributed by atoms with Crippen molar-refractivity contribution in [2.75, 3.05) is 33.2 Å². The molecule has 2 rings (SSSR count). The van der Waals surface area contributed by atoms with Gasteiger partial charge in [0.05, 0.1) is 5.01 Å². The molecule has 1 aromatic rings. The third-order valence-electron chi connectivity index (χ3n) is 3.49. The second kappa shape index (κ2) is 6.47. The molecule has 1 N–H and O–H groups in total. The molecular formula is C13H23N3S. The van der Waals surface area contributed by atoms with Crippen molar-refractivity contribution >= 4 is 11.3 Å². The first kappa shape index (κ1) is 13.0. The van der Waals surface area contributed by atoms with Gasteiger partial charge in [0.25, 0.3) is 0 Å². The maximum atomic E-state index is 4.62. The van der Waals surface area contributed by atoms with Gasteiger partial charge in [0.1, 0.15) is 0 Å². The predicted molar refractivity (Wildman–Crippen MR) is 73.8 cm³/mol. The van der Waals surface area contributed by atoms with Gasteiger partial charge in [0.15, 0.2) is 0 Å². The molecule has 1 aliphatic heterocycles. The molecule has 0 bridgehead atoms. The summed E-state index contributed by atoms with van der Waals surface area (Å²) in [6.07, 6.45) is 5.76. The fourth-order valence-corrected chi connectivity index (χ4v) is 3.47. The van der Waals surface area contributed by atoms with E-state index in [9.17, 15) is 0 Å². The van der Waals surface area contributed by atoms with E-state index in [4.69, 9.17) is 0 Å². The Kier molecular flexibility index (Phi) is 4.95. The molecule has 3 nitrogen and oxygen atoms in total. The number of likely N-dealkylation sites (N-methyl/N-ethyl adjacent to an activating group) is 1. The Morgan fingerprint density at radius 1 is 1.59 bits per heavy atom. The Morgan fingerprint density at radius 3 is 3.18 bits per heavy atom. The van der Waals surface area contributed by atoms with Crippen LogP contribution in [0.3, 0.4) is 0 Å². The summed E-state index contributed by atoms with van der Waals surface area (Å²) < 4.78 is 0. The Balaban J connectivity index is 1.85. The first-order valence-electron chi connectivity index (χ1n) is 6.65. The van der Waals surface area contributed by atoms with Crippen LogP contribution in [-0.4, -0.2) is 43.1 Å². The number of nitrogens with one attached hydrogen (secondary N) is 1. The molecule has 1 atom stereocenters. The first-order valence-corrected chi connectivity index (χ1v) is 7.46. The zero-order chi connectivity index (χ0) is 12.1. The van der Waals surface area contributed by atoms with E-state index in [2.05, 4.69) is 28.3 Å². The van der Waals surface area contributed by atoms with Crippen LogP contribution in [0.15, 0.2) is 6.20 Å². The normalized spacial score (nSPS) is 21.2. The van der Waals surface area contributed by atoms with E-state index in [1.54, 1.807) is 0 Å². The molecule has 0 spiro atoms. The number of thiazole rings is 1. The Bertz CT molecular complexity index is 337. The van der Waals surface area contributed by atoms with Gasteiger partial charge in [-0.3, -0.25) is 0 Å². The Hall–Kier alpha value is -0.450. The lowest BCUT2D eigenvalue weighted by atomic mass is 10.1. The van der Waals surface area contributed by atoms with Crippen LogP contribution in [0.2, 0.25) is 0 Å². The number of nitrogens with zero attached hydrogens (tertiary/aromatic N) is 2. The minimum atomic E-state index is 0.693. The summed E-state index contributed by atoms with van der Waals surface area (Å²) in [4.78, 5) is 8.59. The second-order valence-electron chi connectivity index (χ2n) is 4.75. The number of rotatable bonds is 6. The van der Waals surface area contributed by atoms with Crippen molar-refractivity contribution in [1.82, 2.24) is 15.2 Å². The summed E-state index contributed by atoms with van der Waals surface area (Å²) in [6.45, 7) is 6.97. The van der Waals surface area contributed by atoms with Gasteiger partial charge >= 0.3 is 0 Å². The van der Waals surface area contributed by atoms with Gasteiger partial charge in [-0.05, 0) is 45.9 Å². The molecule has 17 heavy (non-hydrogen) atoms. The van der Waals surface area contributed by atoms with Gasteiger partial charge in [0.2, 0.25) is 0 Å². The molecule has 4 heteroatoms. The predicted octanol–water partition coefficient (Wildman–Crippen LogP) is 2.10. The summed E-state index contributed by atoms with van der Waals surface area (Å²) in [6, 6.07) is 0. The van der Waals surface area contributed by atoms with Crippen LogP contribution in [0, 0.1) is 0 Å². The monoisotopic (exact) mass is 253 g/mol. The summed E-state index contributed by atoms with van der Waals surface area (Å²) in [5, 5.41) is 4.55.